The molecule has 1 aromatic heterocycles. The average molecular weight is 345 g/mol. The molecule has 3 rings (SSSR count). The molecule has 0 aliphatic heterocycles. The molecular weight excluding hydrogens is 329 g/mol. The molecule has 1 heterocycles. The minimum absolute atomic E-state index is 0.121. The first-order chi connectivity index (χ1) is 11.7. The van der Waals surface area contributed by atoms with Crippen LogP contribution in [0.15, 0.2) is 60.1 Å². The van der Waals surface area contributed by atoms with Crippen molar-refractivity contribution in [1.82, 2.24) is 4.98 Å². The molecule has 0 fully saturated rings. The Bertz CT molecular complexity index is 762. The number of hydrogen-bond acceptors (Lipinski definition) is 5. The second kappa shape index (κ2) is 7.79. The largest absolute Gasteiger partial charge is 0.487 e. The van der Waals surface area contributed by atoms with Gasteiger partial charge in [0.05, 0.1) is 0 Å². The van der Waals surface area contributed by atoms with Crippen molar-refractivity contribution < 1.29 is 18.6 Å². The Kier molecular flexibility index (Phi) is 5.28. The van der Waals surface area contributed by atoms with Gasteiger partial charge in [-0.25, -0.2) is 9.37 Å². The zero-order valence-electron chi connectivity index (χ0n) is 13.0. The summed E-state index contributed by atoms with van der Waals surface area (Å²) in [6.45, 7) is 2.33. The molecule has 0 saturated heterocycles. The van der Waals surface area contributed by atoms with Crippen LogP contribution in [0.25, 0.3) is 0 Å². The Balaban J connectivity index is 1.52. The second-order valence-electron chi connectivity index (χ2n) is 5.07. The predicted molar refractivity (Wildman–Crippen MR) is 90.6 cm³/mol. The summed E-state index contributed by atoms with van der Waals surface area (Å²) in [5.41, 5.74) is 0. The van der Waals surface area contributed by atoms with Crippen LogP contribution in [0.1, 0.15) is 6.92 Å². The quantitative estimate of drug-likeness (QED) is 0.609. The van der Waals surface area contributed by atoms with Gasteiger partial charge in [-0.3, -0.25) is 0 Å². The van der Waals surface area contributed by atoms with Gasteiger partial charge >= 0.3 is 0 Å². The van der Waals surface area contributed by atoms with Gasteiger partial charge in [-0.2, -0.15) is 0 Å². The fraction of sp³-hybridized carbons (Fsp3) is 0.167. The topological polar surface area (TPSA) is 40.6 Å². The maximum atomic E-state index is 13.1. The van der Waals surface area contributed by atoms with E-state index in [1.165, 1.54) is 23.5 Å². The van der Waals surface area contributed by atoms with E-state index in [1.807, 2.05) is 12.3 Å². The van der Waals surface area contributed by atoms with E-state index in [0.29, 0.717) is 29.0 Å². The summed E-state index contributed by atoms with van der Waals surface area (Å²) in [6.07, 6.45) is 1.58. The molecule has 4 nitrogen and oxygen atoms in total. The van der Waals surface area contributed by atoms with E-state index in [2.05, 4.69) is 4.98 Å². The number of nitrogens with zero attached hydrogens (tertiary/aromatic N) is 1. The fourth-order valence-electron chi connectivity index (χ4n) is 1.99. The molecule has 0 radical (unpaired) electrons. The summed E-state index contributed by atoms with van der Waals surface area (Å²) in [4.78, 5) is 4.05. The second-order valence-corrected chi connectivity index (χ2v) is 5.93. The molecule has 124 valence electrons. The molecule has 3 aromatic rings. The van der Waals surface area contributed by atoms with E-state index in [0.717, 1.165) is 0 Å². The molecule has 1 unspecified atom stereocenters. The van der Waals surface area contributed by atoms with Gasteiger partial charge < -0.3 is 14.2 Å². The van der Waals surface area contributed by atoms with Crippen molar-refractivity contribution in [2.45, 2.75) is 13.0 Å². The van der Waals surface area contributed by atoms with Gasteiger partial charge in [0.1, 0.15) is 35.8 Å². The Morgan fingerprint density at radius 3 is 2.58 bits per heavy atom. The molecule has 0 N–H and O–H groups in total. The third-order valence-electron chi connectivity index (χ3n) is 3.04. The third-order valence-corrected chi connectivity index (χ3v) is 3.73. The molecule has 6 heteroatoms. The van der Waals surface area contributed by atoms with Crippen molar-refractivity contribution in [3.8, 4) is 22.4 Å². The fourth-order valence-corrected chi connectivity index (χ4v) is 2.49. The van der Waals surface area contributed by atoms with Crippen LogP contribution in [0, 0.1) is 5.82 Å². The summed E-state index contributed by atoms with van der Waals surface area (Å²) in [5, 5.41) is 2.49. The van der Waals surface area contributed by atoms with Crippen LogP contribution in [0.3, 0.4) is 0 Å². The molecule has 0 aliphatic rings. The monoisotopic (exact) mass is 345 g/mol. The zero-order valence-corrected chi connectivity index (χ0v) is 13.8. The number of rotatable bonds is 7. The molecule has 1 atom stereocenters. The maximum absolute atomic E-state index is 13.1. The number of ether oxygens (including phenoxy) is 3. The summed E-state index contributed by atoms with van der Waals surface area (Å²) in [6, 6.07) is 13.2. The molecule has 2 aromatic carbocycles. The number of halogens is 1. The molecular formula is C18H16FNO3S. The Morgan fingerprint density at radius 1 is 1.08 bits per heavy atom. The minimum atomic E-state index is -0.332. The molecule has 0 aliphatic carbocycles. The van der Waals surface area contributed by atoms with Gasteiger partial charge in [0.2, 0.25) is 0 Å². The molecule has 0 spiro atoms. The van der Waals surface area contributed by atoms with Crippen LogP contribution in [0.2, 0.25) is 0 Å². The molecule has 0 amide bonds. The standard InChI is InChI=1S/C18H16FNO3S/c1-13(12-21-18-20-9-10-24-18)22-15-5-7-16(8-6-15)23-17-4-2-3-14(19)11-17/h2-11,13H,12H2,1H3. The van der Waals surface area contributed by atoms with Gasteiger partial charge in [-0.05, 0) is 43.3 Å². The van der Waals surface area contributed by atoms with E-state index in [4.69, 9.17) is 14.2 Å². The normalized spacial score (nSPS) is 11.8. The van der Waals surface area contributed by atoms with Gasteiger partial charge in [0.15, 0.2) is 0 Å². The lowest BCUT2D eigenvalue weighted by Crippen LogP contribution is -2.20. The van der Waals surface area contributed by atoms with Crippen LogP contribution in [-0.2, 0) is 0 Å². The number of benzene rings is 2. The maximum Gasteiger partial charge on any atom is 0.273 e. The van der Waals surface area contributed by atoms with Gasteiger partial charge in [0, 0.05) is 17.6 Å². The highest BCUT2D eigenvalue weighted by molar-refractivity contribution is 7.11. The van der Waals surface area contributed by atoms with Gasteiger partial charge in [-0.1, -0.05) is 17.4 Å². The van der Waals surface area contributed by atoms with E-state index < -0.39 is 0 Å². The first kappa shape index (κ1) is 16.3. The summed E-state index contributed by atoms with van der Waals surface area (Å²) >= 11 is 1.44. The zero-order chi connectivity index (χ0) is 16.8. The van der Waals surface area contributed by atoms with Crippen molar-refractivity contribution in [1.29, 1.82) is 0 Å². The lowest BCUT2D eigenvalue weighted by Gasteiger charge is -2.15. The van der Waals surface area contributed by atoms with Crippen molar-refractivity contribution in [2.75, 3.05) is 6.61 Å². The molecule has 0 bridgehead atoms. The summed E-state index contributed by atoms with van der Waals surface area (Å²) < 4.78 is 30.0. The summed E-state index contributed by atoms with van der Waals surface area (Å²) in [5.74, 6) is 1.44. The van der Waals surface area contributed by atoms with Crippen molar-refractivity contribution in [3.05, 3.63) is 65.9 Å². The van der Waals surface area contributed by atoms with Crippen LogP contribution < -0.4 is 14.2 Å². The van der Waals surface area contributed by atoms with Gasteiger partial charge in [-0.15, -0.1) is 0 Å². The Hall–Kier alpha value is -2.60. The van der Waals surface area contributed by atoms with E-state index in [1.54, 1.807) is 42.6 Å². The van der Waals surface area contributed by atoms with Crippen molar-refractivity contribution >= 4 is 11.3 Å². The molecule has 24 heavy (non-hydrogen) atoms. The van der Waals surface area contributed by atoms with Crippen molar-refractivity contribution in [2.24, 2.45) is 0 Å². The minimum Gasteiger partial charge on any atom is -0.487 e. The highest BCUT2D eigenvalue weighted by Crippen LogP contribution is 2.25. The third kappa shape index (κ3) is 4.70. The predicted octanol–water partition coefficient (Wildman–Crippen LogP) is 4.92. The average Bonchev–Trinajstić information content (AvgIpc) is 3.08. The number of aromatic nitrogens is 1. The van der Waals surface area contributed by atoms with Crippen LogP contribution >= 0.6 is 11.3 Å². The van der Waals surface area contributed by atoms with Crippen molar-refractivity contribution in [3.63, 3.8) is 0 Å². The first-order valence-corrected chi connectivity index (χ1v) is 8.29. The van der Waals surface area contributed by atoms with Crippen LogP contribution in [0.4, 0.5) is 4.39 Å². The Labute approximate surface area is 143 Å². The smallest absolute Gasteiger partial charge is 0.273 e. The van der Waals surface area contributed by atoms with Crippen LogP contribution in [-0.4, -0.2) is 17.7 Å². The molecule has 0 saturated carbocycles. The lowest BCUT2D eigenvalue weighted by atomic mass is 10.3. The Morgan fingerprint density at radius 2 is 1.88 bits per heavy atom. The SMILES string of the molecule is CC(COc1nccs1)Oc1ccc(Oc2cccc(F)c2)cc1. The number of hydrogen-bond donors (Lipinski definition) is 0. The van der Waals surface area contributed by atoms with E-state index in [-0.39, 0.29) is 11.9 Å². The van der Waals surface area contributed by atoms with E-state index >= 15 is 0 Å². The van der Waals surface area contributed by atoms with Gasteiger partial charge in [0.25, 0.3) is 5.19 Å². The van der Waals surface area contributed by atoms with E-state index in [9.17, 15) is 4.39 Å². The van der Waals surface area contributed by atoms with Crippen LogP contribution in [0.5, 0.6) is 22.4 Å². The first-order valence-electron chi connectivity index (χ1n) is 7.41. The number of thiazole rings is 1. The highest BCUT2D eigenvalue weighted by Gasteiger charge is 2.07. The summed E-state index contributed by atoms with van der Waals surface area (Å²) in [7, 11) is 0. The lowest BCUT2D eigenvalue weighted by molar-refractivity contribution is 0.143. The highest BCUT2D eigenvalue weighted by atomic mass is 32.1.